The molecule has 0 radical (unpaired) electrons. The third-order valence-corrected chi connectivity index (χ3v) is 4.37. The normalized spacial score (nSPS) is 12.1. The lowest BCUT2D eigenvalue weighted by molar-refractivity contribution is 0.504. The van der Waals surface area contributed by atoms with Crippen LogP contribution in [0.2, 0.25) is 0 Å². The number of rotatable bonds is 7. The molecule has 0 aliphatic rings. The third kappa shape index (κ3) is 5.24. The minimum atomic E-state index is -3.55. The Balaban J connectivity index is 2.54. The quantitative estimate of drug-likeness (QED) is 0.620. The highest BCUT2D eigenvalue weighted by molar-refractivity contribution is 7.91. The molecule has 1 aromatic rings. The van der Waals surface area contributed by atoms with E-state index < -0.39 is 21.5 Å². The van der Waals surface area contributed by atoms with E-state index in [4.69, 9.17) is 0 Å². The van der Waals surface area contributed by atoms with Gasteiger partial charge in [0.05, 0.1) is 10.6 Å². The van der Waals surface area contributed by atoms with Gasteiger partial charge in [0.15, 0.2) is 21.5 Å². The van der Waals surface area contributed by atoms with Gasteiger partial charge in [-0.2, -0.15) is 0 Å². The first-order valence-corrected chi connectivity index (χ1v) is 7.86. The van der Waals surface area contributed by atoms with E-state index in [-0.39, 0.29) is 10.6 Å². The zero-order chi connectivity index (χ0) is 14.5. The van der Waals surface area contributed by atoms with Crippen LogP contribution in [0.15, 0.2) is 23.1 Å². The Bertz CT molecular complexity index is 515. The van der Waals surface area contributed by atoms with Crippen LogP contribution in [0.5, 0.6) is 0 Å². The van der Waals surface area contributed by atoms with Crippen molar-refractivity contribution in [1.82, 2.24) is 5.32 Å². The van der Waals surface area contributed by atoms with Gasteiger partial charge in [-0.05, 0) is 43.6 Å². The summed E-state index contributed by atoms with van der Waals surface area (Å²) < 4.78 is 49.5. The highest BCUT2D eigenvalue weighted by atomic mass is 32.2. The Kier molecular flexibility index (Phi) is 5.87. The molecular formula is C13H19F2NO2S. The van der Waals surface area contributed by atoms with E-state index in [0.717, 1.165) is 24.7 Å². The van der Waals surface area contributed by atoms with E-state index in [1.54, 1.807) is 0 Å². The summed E-state index contributed by atoms with van der Waals surface area (Å²) in [7, 11) is -3.55. The second kappa shape index (κ2) is 6.96. The molecule has 0 unspecified atom stereocenters. The van der Waals surface area contributed by atoms with Gasteiger partial charge >= 0.3 is 0 Å². The molecule has 0 saturated carbocycles. The van der Waals surface area contributed by atoms with E-state index in [2.05, 4.69) is 19.2 Å². The van der Waals surface area contributed by atoms with Crippen molar-refractivity contribution in [2.24, 2.45) is 5.92 Å². The van der Waals surface area contributed by atoms with Gasteiger partial charge < -0.3 is 5.32 Å². The third-order valence-electron chi connectivity index (χ3n) is 2.57. The van der Waals surface area contributed by atoms with Crippen molar-refractivity contribution < 1.29 is 17.2 Å². The summed E-state index contributed by atoms with van der Waals surface area (Å²) in [4.78, 5) is -0.171. The van der Waals surface area contributed by atoms with Crippen LogP contribution in [0, 0.1) is 17.6 Å². The van der Waals surface area contributed by atoms with Gasteiger partial charge in [0.1, 0.15) is 0 Å². The highest BCUT2D eigenvalue weighted by Gasteiger charge is 2.16. The van der Waals surface area contributed by atoms with E-state index >= 15 is 0 Å². The van der Waals surface area contributed by atoms with Crippen LogP contribution in [0.4, 0.5) is 8.78 Å². The fourth-order valence-electron chi connectivity index (χ4n) is 1.57. The van der Waals surface area contributed by atoms with Gasteiger partial charge in [-0.1, -0.05) is 13.8 Å². The fraction of sp³-hybridized carbons (Fsp3) is 0.538. The van der Waals surface area contributed by atoms with Crippen LogP contribution in [-0.4, -0.2) is 27.3 Å². The average Bonchev–Trinajstić information content (AvgIpc) is 2.31. The second-order valence-electron chi connectivity index (χ2n) is 4.85. The first kappa shape index (κ1) is 16.0. The van der Waals surface area contributed by atoms with Crippen molar-refractivity contribution in [3.05, 3.63) is 29.8 Å². The SMILES string of the molecule is CC(C)CNCCCS(=O)(=O)c1ccc(F)c(F)c1. The summed E-state index contributed by atoms with van der Waals surface area (Å²) in [6, 6.07) is 2.65. The van der Waals surface area contributed by atoms with Gasteiger partial charge in [-0.15, -0.1) is 0 Å². The van der Waals surface area contributed by atoms with Gasteiger partial charge in [-0.25, -0.2) is 17.2 Å². The molecule has 0 fully saturated rings. The molecule has 19 heavy (non-hydrogen) atoms. The molecule has 0 amide bonds. The highest BCUT2D eigenvalue weighted by Crippen LogP contribution is 2.15. The number of nitrogens with one attached hydrogen (secondary N) is 1. The lowest BCUT2D eigenvalue weighted by atomic mass is 10.2. The van der Waals surface area contributed by atoms with Crippen molar-refractivity contribution in [2.75, 3.05) is 18.8 Å². The van der Waals surface area contributed by atoms with Crippen LogP contribution >= 0.6 is 0 Å². The van der Waals surface area contributed by atoms with Crippen LogP contribution in [0.25, 0.3) is 0 Å². The van der Waals surface area contributed by atoms with Gasteiger partial charge in [-0.3, -0.25) is 0 Å². The van der Waals surface area contributed by atoms with Gasteiger partial charge in [0, 0.05) is 0 Å². The predicted molar refractivity (Wildman–Crippen MR) is 70.7 cm³/mol. The van der Waals surface area contributed by atoms with Crippen LogP contribution in [-0.2, 0) is 9.84 Å². The van der Waals surface area contributed by atoms with Crippen molar-refractivity contribution in [3.8, 4) is 0 Å². The Morgan fingerprint density at radius 3 is 2.47 bits per heavy atom. The lowest BCUT2D eigenvalue weighted by Crippen LogP contribution is -2.22. The van der Waals surface area contributed by atoms with Crippen LogP contribution < -0.4 is 5.32 Å². The molecule has 0 bridgehead atoms. The van der Waals surface area contributed by atoms with Gasteiger partial charge in [0.2, 0.25) is 0 Å². The molecule has 0 aliphatic heterocycles. The number of hydrogen-bond acceptors (Lipinski definition) is 3. The maximum absolute atomic E-state index is 13.0. The molecule has 0 heterocycles. The summed E-state index contributed by atoms with van der Waals surface area (Å²) in [5, 5.41) is 3.13. The lowest BCUT2D eigenvalue weighted by Gasteiger charge is -2.08. The van der Waals surface area contributed by atoms with E-state index in [0.29, 0.717) is 18.9 Å². The molecule has 0 aliphatic carbocycles. The first-order chi connectivity index (χ1) is 8.83. The summed E-state index contributed by atoms with van der Waals surface area (Å²) >= 11 is 0. The summed E-state index contributed by atoms with van der Waals surface area (Å²) in [5.41, 5.74) is 0. The molecule has 1 N–H and O–H groups in total. The summed E-state index contributed by atoms with van der Waals surface area (Å²) in [5.74, 6) is -1.76. The zero-order valence-corrected chi connectivity index (χ0v) is 11.9. The summed E-state index contributed by atoms with van der Waals surface area (Å²) in [6.45, 7) is 5.53. The average molecular weight is 291 g/mol. The summed E-state index contributed by atoms with van der Waals surface area (Å²) in [6.07, 6.45) is 0.439. The van der Waals surface area contributed by atoms with Crippen LogP contribution in [0.1, 0.15) is 20.3 Å². The van der Waals surface area contributed by atoms with Gasteiger partial charge in [0.25, 0.3) is 0 Å². The molecular weight excluding hydrogens is 272 g/mol. The smallest absolute Gasteiger partial charge is 0.178 e. The van der Waals surface area contributed by atoms with Crippen LogP contribution in [0.3, 0.4) is 0 Å². The number of halogens is 2. The van der Waals surface area contributed by atoms with E-state index in [1.807, 2.05) is 0 Å². The topological polar surface area (TPSA) is 46.2 Å². The van der Waals surface area contributed by atoms with Crippen molar-refractivity contribution >= 4 is 9.84 Å². The van der Waals surface area contributed by atoms with Crippen molar-refractivity contribution in [3.63, 3.8) is 0 Å². The Morgan fingerprint density at radius 2 is 1.89 bits per heavy atom. The monoisotopic (exact) mass is 291 g/mol. The molecule has 0 aromatic heterocycles. The molecule has 6 heteroatoms. The van der Waals surface area contributed by atoms with Crippen molar-refractivity contribution in [2.45, 2.75) is 25.2 Å². The molecule has 0 atom stereocenters. The minimum Gasteiger partial charge on any atom is -0.316 e. The number of sulfone groups is 1. The largest absolute Gasteiger partial charge is 0.316 e. The first-order valence-electron chi connectivity index (χ1n) is 6.21. The molecule has 0 saturated heterocycles. The fourth-order valence-corrected chi connectivity index (χ4v) is 2.88. The molecule has 1 rings (SSSR count). The zero-order valence-electron chi connectivity index (χ0n) is 11.1. The number of hydrogen-bond donors (Lipinski definition) is 1. The molecule has 0 spiro atoms. The Morgan fingerprint density at radius 1 is 1.21 bits per heavy atom. The minimum absolute atomic E-state index is 0.0802. The predicted octanol–water partition coefficient (Wildman–Crippen LogP) is 2.37. The maximum atomic E-state index is 13.0. The standard InChI is InChI=1S/C13H19F2NO2S/c1-10(2)9-16-6-3-7-19(17,18)11-4-5-12(14)13(15)8-11/h4-5,8,10,16H,3,6-7,9H2,1-2H3. The molecule has 1 aromatic carbocycles. The Hall–Kier alpha value is -1.01. The maximum Gasteiger partial charge on any atom is 0.178 e. The van der Waals surface area contributed by atoms with Crippen molar-refractivity contribution in [1.29, 1.82) is 0 Å². The molecule has 108 valence electrons. The second-order valence-corrected chi connectivity index (χ2v) is 6.96. The Labute approximate surface area is 112 Å². The van der Waals surface area contributed by atoms with E-state index in [9.17, 15) is 17.2 Å². The molecule has 3 nitrogen and oxygen atoms in total. The van der Waals surface area contributed by atoms with E-state index in [1.165, 1.54) is 0 Å². The number of benzene rings is 1.